The van der Waals surface area contributed by atoms with Gasteiger partial charge in [0.05, 0.1) is 4.91 Å². The minimum absolute atomic E-state index is 0.0481. The van der Waals surface area contributed by atoms with Crippen LogP contribution < -0.4 is 0 Å². The normalized spacial score (nSPS) is 15.1. The van der Waals surface area contributed by atoms with E-state index in [0.717, 1.165) is 27.3 Å². The number of hydrogen-bond acceptors (Lipinski definition) is 3. The van der Waals surface area contributed by atoms with Crippen molar-refractivity contribution in [3.8, 4) is 11.3 Å². The largest absolute Gasteiger partial charge is 0.457 e. The number of benzene rings is 2. The third-order valence-electron chi connectivity index (χ3n) is 3.93. The Morgan fingerprint density at radius 3 is 2.71 bits per heavy atom. The van der Waals surface area contributed by atoms with Crippen LogP contribution in [0.1, 0.15) is 21.7 Å². The zero-order chi connectivity index (χ0) is 16.7. The van der Waals surface area contributed by atoms with Gasteiger partial charge in [-0.2, -0.15) is 0 Å². The minimum Gasteiger partial charge on any atom is -0.457 e. The minimum atomic E-state index is 0.0481. The number of furan rings is 1. The van der Waals surface area contributed by atoms with Crippen LogP contribution in [0.3, 0.4) is 0 Å². The summed E-state index contributed by atoms with van der Waals surface area (Å²) in [6, 6.07) is 17.2. The molecular weight excluding hydrogens is 340 g/mol. The van der Waals surface area contributed by atoms with E-state index in [1.54, 1.807) is 6.08 Å². The summed E-state index contributed by atoms with van der Waals surface area (Å²) in [6.07, 6.45) is 1.80. The van der Waals surface area contributed by atoms with E-state index in [9.17, 15) is 4.79 Å². The molecule has 2 nitrogen and oxygen atoms in total. The lowest BCUT2D eigenvalue weighted by atomic mass is 10.1. The summed E-state index contributed by atoms with van der Waals surface area (Å²) >= 11 is 7.66. The summed E-state index contributed by atoms with van der Waals surface area (Å²) in [5.74, 6) is 1.44. The quantitative estimate of drug-likeness (QED) is 0.511. The average molecular weight is 353 g/mol. The van der Waals surface area contributed by atoms with Gasteiger partial charge in [0, 0.05) is 21.0 Å². The molecule has 2 heterocycles. The highest BCUT2D eigenvalue weighted by Crippen LogP contribution is 2.41. The van der Waals surface area contributed by atoms with E-state index in [1.165, 1.54) is 11.8 Å². The molecule has 0 saturated heterocycles. The van der Waals surface area contributed by atoms with Crippen LogP contribution in [0, 0.1) is 6.92 Å². The highest BCUT2D eigenvalue weighted by molar-refractivity contribution is 8.04. The van der Waals surface area contributed by atoms with Gasteiger partial charge in [0.15, 0.2) is 0 Å². The lowest BCUT2D eigenvalue weighted by Gasteiger charge is -2.01. The van der Waals surface area contributed by atoms with Crippen molar-refractivity contribution in [2.45, 2.75) is 11.8 Å². The molecule has 0 aliphatic carbocycles. The number of Topliss-reactive ketones (excluding diaryl/α,β-unsaturated/α-hetero) is 1. The zero-order valence-corrected chi connectivity index (χ0v) is 14.4. The maximum Gasteiger partial charge on any atom is 0.200 e. The van der Waals surface area contributed by atoms with E-state index >= 15 is 0 Å². The molecule has 0 radical (unpaired) electrons. The highest BCUT2D eigenvalue weighted by atomic mass is 35.5. The molecular formula is C20H13ClO2S. The summed E-state index contributed by atoms with van der Waals surface area (Å²) in [6.45, 7) is 1.96. The fourth-order valence-electron chi connectivity index (χ4n) is 2.60. The number of carbonyl (C=O) groups is 1. The molecule has 0 unspecified atom stereocenters. The van der Waals surface area contributed by atoms with E-state index < -0.39 is 0 Å². The van der Waals surface area contributed by atoms with Crippen molar-refractivity contribution >= 4 is 35.2 Å². The fourth-order valence-corrected chi connectivity index (χ4v) is 3.81. The third-order valence-corrected chi connectivity index (χ3v) is 5.44. The third kappa shape index (κ3) is 2.70. The Kier molecular flexibility index (Phi) is 3.83. The second-order valence-corrected chi connectivity index (χ2v) is 7.09. The summed E-state index contributed by atoms with van der Waals surface area (Å²) < 4.78 is 5.87. The number of aryl methyl sites for hydroxylation is 1. The van der Waals surface area contributed by atoms with Crippen molar-refractivity contribution in [1.82, 2.24) is 0 Å². The van der Waals surface area contributed by atoms with Gasteiger partial charge < -0.3 is 4.42 Å². The highest BCUT2D eigenvalue weighted by Gasteiger charge is 2.25. The first kappa shape index (κ1) is 15.3. The standard InChI is InChI=1S/C20H13ClO2S/c1-12-6-7-13(10-16(12)21)17-9-8-14(23-17)11-19-20(22)15-4-2-3-5-18(15)24-19/h2-11H,1H3/b19-11-. The molecule has 24 heavy (non-hydrogen) atoms. The molecule has 1 aromatic heterocycles. The predicted octanol–water partition coefficient (Wildman–Crippen LogP) is 6.24. The van der Waals surface area contributed by atoms with Crippen molar-refractivity contribution in [3.63, 3.8) is 0 Å². The number of ketones is 1. The molecule has 0 spiro atoms. The predicted molar refractivity (Wildman–Crippen MR) is 98.5 cm³/mol. The van der Waals surface area contributed by atoms with Gasteiger partial charge in [-0.25, -0.2) is 0 Å². The molecule has 1 aliphatic rings. The Balaban J connectivity index is 1.64. The first-order valence-electron chi connectivity index (χ1n) is 7.51. The van der Waals surface area contributed by atoms with Crippen LogP contribution in [-0.4, -0.2) is 5.78 Å². The summed E-state index contributed by atoms with van der Waals surface area (Å²) in [4.78, 5) is 14.1. The number of halogens is 1. The van der Waals surface area contributed by atoms with Crippen LogP contribution in [0.25, 0.3) is 17.4 Å². The molecule has 4 heteroatoms. The number of fused-ring (bicyclic) bond motifs is 1. The van der Waals surface area contributed by atoms with Crippen LogP contribution in [0.4, 0.5) is 0 Å². The van der Waals surface area contributed by atoms with E-state index in [2.05, 4.69) is 0 Å². The molecule has 118 valence electrons. The van der Waals surface area contributed by atoms with E-state index in [4.69, 9.17) is 16.0 Å². The Morgan fingerprint density at radius 2 is 1.92 bits per heavy atom. The maximum absolute atomic E-state index is 12.4. The van der Waals surface area contributed by atoms with Crippen molar-refractivity contribution in [2.24, 2.45) is 0 Å². The second kappa shape index (κ2) is 6.00. The zero-order valence-electron chi connectivity index (χ0n) is 12.9. The van der Waals surface area contributed by atoms with Crippen molar-refractivity contribution in [3.05, 3.63) is 81.4 Å². The van der Waals surface area contributed by atoms with E-state index in [0.29, 0.717) is 15.7 Å². The first-order valence-corrected chi connectivity index (χ1v) is 8.71. The smallest absolute Gasteiger partial charge is 0.200 e. The van der Waals surface area contributed by atoms with Gasteiger partial charge in [0.25, 0.3) is 0 Å². The van der Waals surface area contributed by atoms with Gasteiger partial charge in [-0.15, -0.1) is 0 Å². The lowest BCUT2D eigenvalue weighted by molar-refractivity contribution is 0.104. The summed E-state index contributed by atoms with van der Waals surface area (Å²) in [5.41, 5.74) is 2.70. The van der Waals surface area contributed by atoms with Crippen LogP contribution in [0.5, 0.6) is 0 Å². The molecule has 0 bridgehead atoms. The van der Waals surface area contributed by atoms with Crippen LogP contribution in [0.2, 0.25) is 5.02 Å². The molecule has 0 atom stereocenters. The number of hydrogen-bond donors (Lipinski definition) is 0. The van der Waals surface area contributed by atoms with Gasteiger partial charge in [-0.3, -0.25) is 4.79 Å². The van der Waals surface area contributed by atoms with Gasteiger partial charge >= 0.3 is 0 Å². The monoisotopic (exact) mass is 352 g/mol. The van der Waals surface area contributed by atoms with Crippen molar-refractivity contribution in [2.75, 3.05) is 0 Å². The topological polar surface area (TPSA) is 30.2 Å². The van der Waals surface area contributed by atoms with Gasteiger partial charge in [-0.05, 0) is 48.9 Å². The molecule has 2 aromatic carbocycles. The van der Waals surface area contributed by atoms with Gasteiger partial charge in [0.2, 0.25) is 5.78 Å². The Bertz CT molecular complexity index is 985. The Morgan fingerprint density at radius 1 is 1.08 bits per heavy atom. The molecule has 4 rings (SSSR count). The van der Waals surface area contributed by atoms with E-state index in [-0.39, 0.29) is 5.78 Å². The van der Waals surface area contributed by atoms with Crippen LogP contribution in [-0.2, 0) is 0 Å². The summed E-state index contributed by atoms with van der Waals surface area (Å²) in [5, 5.41) is 0.709. The maximum atomic E-state index is 12.4. The number of allylic oxidation sites excluding steroid dienone is 1. The average Bonchev–Trinajstić information content (AvgIpc) is 3.16. The first-order chi connectivity index (χ1) is 11.6. The van der Waals surface area contributed by atoms with Crippen molar-refractivity contribution in [1.29, 1.82) is 0 Å². The Labute approximate surface area is 149 Å². The van der Waals surface area contributed by atoms with Gasteiger partial charge in [-0.1, -0.05) is 47.6 Å². The molecule has 0 amide bonds. The molecule has 0 saturated carbocycles. The second-order valence-electron chi connectivity index (χ2n) is 5.60. The number of rotatable bonds is 2. The Hall–Kier alpha value is -2.23. The molecule has 0 fully saturated rings. The fraction of sp³-hybridized carbons (Fsp3) is 0.0500. The van der Waals surface area contributed by atoms with Crippen LogP contribution >= 0.6 is 23.4 Å². The summed E-state index contributed by atoms with van der Waals surface area (Å²) in [7, 11) is 0. The van der Waals surface area contributed by atoms with Crippen LogP contribution in [0.15, 0.2) is 68.8 Å². The lowest BCUT2D eigenvalue weighted by Crippen LogP contribution is -1.93. The molecule has 1 aliphatic heterocycles. The van der Waals surface area contributed by atoms with E-state index in [1.807, 2.05) is 61.5 Å². The molecule has 0 N–H and O–H groups in total. The number of carbonyl (C=O) groups excluding carboxylic acids is 1. The SMILES string of the molecule is Cc1ccc(-c2ccc(/C=C3\Sc4ccccc4C3=O)o2)cc1Cl. The van der Waals surface area contributed by atoms with Gasteiger partial charge in [0.1, 0.15) is 11.5 Å². The number of thioether (sulfide) groups is 1. The van der Waals surface area contributed by atoms with Crippen molar-refractivity contribution < 1.29 is 9.21 Å². The molecule has 3 aromatic rings.